The summed E-state index contributed by atoms with van der Waals surface area (Å²) in [6.45, 7) is 4.37. The predicted molar refractivity (Wildman–Crippen MR) is 86.8 cm³/mol. The molecule has 1 aliphatic rings. The maximum atomic E-state index is 12.6. The Morgan fingerprint density at radius 2 is 1.95 bits per heavy atom. The predicted octanol–water partition coefficient (Wildman–Crippen LogP) is 2.38. The molecule has 4 nitrogen and oxygen atoms in total. The molecule has 1 saturated heterocycles. The lowest BCUT2D eigenvalue weighted by molar-refractivity contribution is 0.0502. The molecule has 1 fully saturated rings. The van der Waals surface area contributed by atoms with Gasteiger partial charge in [0.15, 0.2) is 0 Å². The maximum Gasteiger partial charge on any atom is 0.254 e. The molecule has 0 aliphatic carbocycles. The number of carbonyl (C=O) groups excluding carboxylic acids is 1. The molecular weight excluding hydrogens is 278 g/mol. The van der Waals surface area contributed by atoms with Crippen molar-refractivity contribution in [3.8, 4) is 0 Å². The van der Waals surface area contributed by atoms with Crippen LogP contribution in [0.5, 0.6) is 0 Å². The van der Waals surface area contributed by atoms with Gasteiger partial charge in [0, 0.05) is 12.1 Å². The highest BCUT2D eigenvalue weighted by Gasteiger charge is 2.26. The molecule has 0 spiro atoms. The van der Waals surface area contributed by atoms with Crippen LogP contribution in [0.2, 0.25) is 0 Å². The Balaban J connectivity index is 2.01. The number of piperidine rings is 1. The first-order valence-electron chi connectivity index (χ1n) is 8.14. The van der Waals surface area contributed by atoms with Gasteiger partial charge < -0.3 is 15.1 Å². The van der Waals surface area contributed by atoms with Crippen molar-refractivity contribution in [1.29, 1.82) is 0 Å². The minimum absolute atomic E-state index is 0.00721. The first-order valence-corrected chi connectivity index (χ1v) is 8.14. The Bertz CT molecular complexity index is 490. The molecule has 1 heterocycles. The van der Waals surface area contributed by atoms with E-state index in [1.807, 2.05) is 24.3 Å². The Kier molecular flexibility index (Phi) is 5.59. The summed E-state index contributed by atoms with van der Waals surface area (Å²) in [5.74, 6) is 0.00721. The zero-order valence-corrected chi connectivity index (χ0v) is 13.6. The molecule has 1 aromatic rings. The van der Waals surface area contributed by atoms with Gasteiger partial charge in [-0.1, -0.05) is 12.1 Å². The van der Waals surface area contributed by atoms with Gasteiger partial charge in [0.2, 0.25) is 0 Å². The van der Waals surface area contributed by atoms with Gasteiger partial charge >= 0.3 is 0 Å². The van der Waals surface area contributed by atoms with Crippen molar-refractivity contribution in [3.05, 3.63) is 35.4 Å². The largest absolute Gasteiger partial charge is 0.394 e. The minimum atomic E-state index is -0.670. The van der Waals surface area contributed by atoms with Crippen LogP contribution in [0.25, 0.3) is 0 Å². The van der Waals surface area contributed by atoms with Crippen molar-refractivity contribution in [2.45, 2.75) is 57.6 Å². The maximum absolute atomic E-state index is 12.6. The average Bonchev–Trinajstić information content (AvgIpc) is 2.52. The highest BCUT2D eigenvalue weighted by Crippen LogP contribution is 2.20. The molecule has 1 atom stereocenters. The topological polar surface area (TPSA) is 60.8 Å². The highest BCUT2D eigenvalue weighted by atomic mass is 16.3. The number of rotatable bonds is 5. The van der Waals surface area contributed by atoms with E-state index in [4.69, 9.17) is 0 Å². The second-order valence-corrected chi connectivity index (χ2v) is 6.84. The van der Waals surface area contributed by atoms with Crippen LogP contribution in [0.3, 0.4) is 0 Å². The van der Waals surface area contributed by atoms with Crippen LogP contribution in [-0.2, 0) is 6.42 Å². The summed E-state index contributed by atoms with van der Waals surface area (Å²) in [6.07, 6.45) is 4.45. The van der Waals surface area contributed by atoms with Crippen molar-refractivity contribution in [2.24, 2.45) is 0 Å². The number of aliphatic hydroxyl groups is 2. The highest BCUT2D eigenvalue weighted by molar-refractivity contribution is 5.94. The number of likely N-dealkylation sites (tertiary alicyclic amines) is 1. The van der Waals surface area contributed by atoms with Crippen molar-refractivity contribution in [1.82, 2.24) is 4.90 Å². The molecule has 0 saturated carbocycles. The van der Waals surface area contributed by atoms with E-state index >= 15 is 0 Å². The van der Waals surface area contributed by atoms with Gasteiger partial charge in [0.25, 0.3) is 5.91 Å². The van der Waals surface area contributed by atoms with Crippen LogP contribution >= 0.6 is 0 Å². The lowest BCUT2D eigenvalue weighted by atomic mass is 9.97. The number of benzene rings is 1. The van der Waals surface area contributed by atoms with E-state index in [2.05, 4.69) is 0 Å². The fraction of sp³-hybridized carbons (Fsp3) is 0.611. The molecule has 1 aliphatic heterocycles. The summed E-state index contributed by atoms with van der Waals surface area (Å²) >= 11 is 0. The molecule has 2 N–H and O–H groups in total. The van der Waals surface area contributed by atoms with Crippen LogP contribution < -0.4 is 0 Å². The summed E-state index contributed by atoms with van der Waals surface area (Å²) in [5, 5.41) is 19.2. The lowest BCUT2D eigenvalue weighted by Gasteiger charge is -2.34. The lowest BCUT2D eigenvalue weighted by Crippen LogP contribution is -2.45. The molecule has 122 valence electrons. The van der Waals surface area contributed by atoms with Crippen molar-refractivity contribution in [3.63, 3.8) is 0 Å². The molecule has 1 aromatic carbocycles. The number of nitrogens with zero attached hydrogens (tertiary/aromatic N) is 1. The molecule has 0 radical (unpaired) electrons. The third-order valence-corrected chi connectivity index (χ3v) is 4.33. The number of aryl methyl sites for hydroxylation is 1. The molecule has 0 aromatic heterocycles. The van der Waals surface area contributed by atoms with Crippen LogP contribution in [-0.4, -0.2) is 45.8 Å². The fourth-order valence-corrected chi connectivity index (χ4v) is 2.89. The van der Waals surface area contributed by atoms with E-state index in [1.165, 1.54) is 0 Å². The van der Waals surface area contributed by atoms with Crippen LogP contribution in [0.15, 0.2) is 24.3 Å². The molecule has 22 heavy (non-hydrogen) atoms. The summed E-state index contributed by atoms with van der Waals surface area (Å²) in [6, 6.07) is 7.57. The van der Waals surface area contributed by atoms with Gasteiger partial charge in [0.1, 0.15) is 0 Å². The summed E-state index contributed by atoms with van der Waals surface area (Å²) < 4.78 is 0. The zero-order chi connectivity index (χ0) is 16.2. The molecule has 0 unspecified atom stereocenters. The van der Waals surface area contributed by atoms with E-state index in [-0.39, 0.29) is 18.6 Å². The van der Waals surface area contributed by atoms with Gasteiger partial charge in [-0.3, -0.25) is 4.79 Å². The van der Waals surface area contributed by atoms with Crippen LogP contribution in [0.1, 0.15) is 55.5 Å². The smallest absolute Gasteiger partial charge is 0.254 e. The summed E-state index contributed by atoms with van der Waals surface area (Å²) in [5.41, 5.74) is 1.12. The quantitative estimate of drug-likeness (QED) is 0.878. The molecule has 1 amide bonds. The fourth-order valence-electron chi connectivity index (χ4n) is 2.89. The molecule has 0 bridgehead atoms. The van der Waals surface area contributed by atoms with E-state index in [0.29, 0.717) is 12.0 Å². The van der Waals surface area contributed by atoms with Gasteiger partial charge in [-0.05, 0) is 63.6 Å². The minimum Gasteiger partial charge on any atom is -0.394 e. The number of aliphatic hydroxyl groups excluding tert-OH is 1. The Labute approximate surface area is 132 Å². The number of hydrogen-bond donors (Lipinski definition) is 2. The Morgan fingerprint density at radius 1 is 1.27 bits per heavy atom. The summed E-state index contributed by atoms with van der Waals surface area (Å²) in [7, 11) is 0. The average molecular weight is 305 g/mol. The standard InChI is InChI=1S/C18H27NO3/c1-18(2,22)11-10-14-6-8-15(9-7-14)17(21)19-12-4-3-5-16(19)13-20/h6-9,16,20,22H,3-5,10-13H2,1-2H3/t16-/m1/s1. The van der Waals surface area contributed by atoms with Crippen molar-refractivity contribution in [2.75, 3.05) is 13.2 Å². The number of amides is 1. The Morgan fingerprint density at radius 3 is 2.55 bits per heavy atom. The Hall–Kier alpha value is -1.39. The third kappa shape index (κ3) is 4.55. The van der Waals surface area contributed by atoms with Crippen LogP contribution in [0.4, 0.5) is 0 Å². The van der Waals surface area contributed by atoms with E-state index in [1.54, 1.807) is 18.7 Å². The number of carbonyl (C=O) groups is 1. The van der Waals surface area contributed by atoms with Crippen molar-refractivity contribution < 1.29 is 15.0 Å². The van der Waals surface area contributed by atoms with Gasteiger partial charge in [0.05, 0.1) is 18.2 Å². The SMILES string of the molecule is CC(C)(O)CCc1ccc(C(=O)N2CCCC[C@@H]2CO)cc1. The van der Waals surface area contributed by atoms with E-state index < -0.39 is 5.60 Å². The first-order chi connectivity index (χ1) is 10.4. The summed E-state index contributed by atoms with van der Waals surface area (Å²) in [4.78, 5) is 14.4. The number of hydrogen-bond acceptors (Lipinski definition) is 3. The molecular formula is C18H27NO3. The van der Waals surface area contributed by atoms with Crippen molar-refractivity contribution >= 4 is 5.91 Å². The van der Waals surface area contributed by atoms with E-state index in [0.717, 1.165) is 37.8 Å². The van der Waals surface area contributed by atoms with Gasteiger partial charge in [-0.25, -0.2) is 0 Å². The molecule has 4 heteroatoms. The second-order valence-electron chi connectivity index (χ2n) is 6.84. The van der Waals surface area contributed by atoms with Gasteiger partial charge in [-0.2, -0.15) is 0 Å². The second kappa shape index (κ2) is 7.25. The molecule has 2 rings (SSSR count). The normalized spacial score (nSPS) is 19.3. The monoisotopic (exact) mass is 305 g/mol. The zero-order valence-electron chi connectivity index (χ0n) is 13.6. The van der Waals surface area contributed by atoms with E-state index in [9.17, 15) is 15.0 Å². The van der Waals surface area contributed by atoms with Gasteiger partial charge in [-0.15, -0.1) is 0 Å². The first kappa shape index (κ1) is 17.0. The van der Waals surface area contributed by atoms with Crippen LogP contribution in [0, 0.1) is 0 Å². The third-order valence-electron chi connectivity index (χ3n) is 4.33.